The molecule has 0 aliphatic carbocycles. The molecule has 0 spiro atoms. The highest BCUT2D eigenvalue weighted by atomic mass is 28.3. The quantitative estimate of drug-likeness (QED) is 0.592. The second-order valence-electron chi connectivity index (χ2n) is 4.50. The molecule has 0 fully saturated rings. The summed E-state index contributed by atoms with van der Waals surface area (Å²) in [4.78, 5) is 15.5. The highest BCUT2D eigenvalue weighted by Crippen LogP contribution is 2.14. The van der Waals surface area contributed by atoms with Crippen LogP contribution in [-0.4, -0.2) is 28.0 Å². The number of aromatic nitrogens is 4. The first-order valence-electron chi connectivity index (χ1n) is 4.67. The second kappa shape index (κ2) is 2.93. The summed E-state index contributed by atoms with van der Waals surface area (Å²) in [6.45, 7) is 6.58. The molecule has 7 heteroatoms. The van der Waals surface area contributed by atoms with Gasteiger partial charge in [-0.15, -0.1) is 0 Å². The lowest BCUT2D eigenvalue weighted by atomic mass is 10.5. The highest BCUT2D eigenvalue weighted by Gasteiger charge is 2.22. The summed E-state index contributed by atoms with van der Waals surface area (Å²) >= 11 is 0. The van der Waals surface area contributed by atoms with Crippen LogP contribution in [0.25, 0.3) is 11.2 Å². The summed E-state index contributed by atoms with van der Waals surface area (Å²) in [6.07, 6.45) is 0. The van der Waals surface area contributed by atoms with Gasteiger partial charge in [0.15, 0.2) is 11.5 Å². The third kappa shape index (κ3) is 1.65. The van der Waals surface area contributed by atoms with Crippen molar-refractivity contribution in [2.75, 3.05) is 11.5 Å². The predicted molar refractivity (Wildman–Crippen MR) is 63.5 cm³/mol. The number of fused-ring (bicyclic) bond motifs is 1. The van der Waals surface area contributed by atoms with Crippen LogP contribution < -0.4 is 16.9 Å². The Kier molecular flexibility index (Phi) is 1.93. The van der Waals surface area contributed by atoms with E-state index in [1.54, 1.807) is 0 Å². The SMILES string of the molecule is C[Si](C)(C)c1nc2nc(N)nc(N)c2[nH]1. The van der Waals surface area contributed by atoms with Crippen LogP contribution >= 0.6 is 0 Å². The Labute approximate surface area is 88.1 Å². The van der Waals surface area contributed by atoms with Gasteiger partial charge >= 0.3 is 0 Å². The van der Waals surface area contributed by atoms with Crippen molar-refractivity contribution in [1.29, 1.82) is 0 Å². The molecule has 0 saturated carbocycles. The van der Waals surface area contributed by atoms with E-state index in [9.17, 15) is 0 Å². The highest BCUT2D eigenvalue weighted by molar-refractivity contribution is 6.87. The van der Waals surface area contributed by atoms with E-state index in [1.165, 1.54) is 0 Å². The maximum atomic E-state index is 5.73. The zero-order valence-corrected chi connectivity index (χ0v) is 10.00. The number of H-pyrrole nitrogens is 1. The summed E-state index contributed by atoms with van der Waals surface area (Å²) in [7, 11) is -1.49. The molecule has 0 aliphatic heterocycles. The van der Waals surface area contributed by atoms with Gasteiger partial charge in [-0.2, -0.15) is 9.97 Å². The summed E-state index contributed by atoms with van der Waals surface area (Å²) in [5.41, 5.74) is 13.4. The number of nitrogen functional groups attached to an aromatic ring is 2. The van der Waals surface area contributed by atoms with Gasteiger partial charge in [0.05, 0.1) is 5.45 Å². The van der Waals surface area contributed by atoms with Gasteiger partial charge in [-0.05, 0) is 0 Å². The topological polar surface area (TPSA) is 106 Å². The predicted octanol–water partition coefficient (Wildman–Crippen LogP) is 0.0625. The number of nitrogens with zero attached hydrogens (tertiary/aromatic N) is 3. The molecule has 0 unspecified atom stereocenters. The maximum Gasteiger partial charge on any atom is 0.224 e. The van der Waals surface area contributed by atoms with Gasteiger partial charge < -0.3 is 16.5 Å². The second-order valence-corrected chi connectivity index (χ2v) is 9.47. The summed E-state index contributed by atoms with van der Waals surface area (Å²) < 4.78 is 0. The number of aromatic amines is 1. The van der Waals surface area contributed by atoms with Gasteiger partial charge in [0.1, 0.15) is 13.6 Å². The van der Waals surface area contributed by atoms with E-state index in [2.05, 4.69) is 39.6 Å². The summed E-state index contributed by atoms with van der Waals surface area (Å²) in [5, 5.41) is 0. The largest absolute Gasteiger partial charge is 0.382 e. The van der Waals surface area contributed by atoms with Gasteiger partial charge in [-0.3, -0.25) is 0 Å². The monoisotopic (exact) mass is 222 g/mol. The molecule has 2 aromatic heterocycles. The Bertz CT molecular complexity index is 512. The van der Waals surface area contributed by atoms with Gasteiger partial charge in [0.25, 0.3) is 0 Å². The van der Waals surface area contributed by atoms with Crippen molar-refractivity contribution < 1.29 is 0 Å². The Morgan fingerprint density at radius 2 is 1.73 bits per heavy atom. The van der Waals surface area contributed by atoms with Gasteiger partial charge in [0, 0.05) is 0 Å². The lowest BCUT2D eigenvalue weighted by Gasteiger charge is -2.10. The molecule has 0 aliphatic rings. The van der Waals surface area contributed by atoms with Crippen LogP contribution in [0.1, 0.15) is 0 Å². The fourth-order valence-corrected chi connectivity index (χ4v) is 2.23. The van der Waals surface area contributed by atoms with Crippen molar-refractivity contribution in [3.8, 4) is 0 Å². The van der Waals surface area contributed by atoms with Crippen molar-refractivity contribution in [2.45, 2.75) is 19.6 Å². The number of nitrogens with two attached hydrogens (primary N) is 2. The van der Waals surface area contributed by atoms with E-state index < -0.39 is 8.07 Å². The standard InChI is InChI=1S/C8H14N6Si/c1-15(2,3)8-11-4-5(9)12-7(10)13-6(4)14-8/h1-3H3,(H5,9,10,11,12,13,14). The first-order valence-corrected chi connectivity index (χ1v) is 8.17. The van der Waals surface area contributed by atoms with E-state index in [-0.39, 0.29) is 5.95 Å². The van der Waals surface area contributed by atoms with Crippen LogP contribution in [0.4, 0.5) is 11.8 Å². The normalized spacial score (nSPS) is 12.2. The molecule has 6 nitrogen and oxygen atoms in total. The molecule has 0 amide bonds. The molecule has 0 atom stereocenters. The molecular weight excluding hydrogens is 208 g/mol. The van der Waals surface area contributed by atoms with Crippen LogP contribution in [-0.2, 0) is 0 Å². The minimum absolute atomic E-state index is 0.161. The first-order chi connectivity index (χ1) is 6.88. The number of rotatable bonds is 1. The van der Waals surface area contributed by atoms with E-state index in [1.807, 2.05) is 0 Å². The van der Waals surface area contributed by atoms with Gasteiger partial charge in [-0.1, -0.05) is 19.6 Å². The molecule has 0 saturated heterocycles. The third-order valence-electron chi connectivity index (χ3n) is 2.11. The molecule has 2 heterocycles. The zero-order chi connectivity index (χ0) is 11.2. The maximum absolute atomic E-state index is 5.73. The van der Waals surface area contributed by atoms with E-state index >= 15 is 0 Å². The smallest absolute Gasteiger partial charge is 0.224 e. The Balaban J connectivity index is 2.71. The van der Waals surface area contributed by atoms with Crippen molar-refractivity contribution in [3.63, 3.8) is 0 Å². The number of anilines is 2. The van der Waals surface area contributed by atoms with Crippen molar-refractivity contribution >= 4 is 36.5 Å². The Hall–Kier alpha value is -1.63. The molecule has 2 aromatic rings. The Morgan fingerprint density at radius 3 is 2.33 bits per heavy atom. The number of imidazole rings is 1. The van der Waals surface area contributed by atoms with Gasteiger partial charge in [0.2, 0.25) is 5.95 Å². The average molecular weight is 222 g/mol. The molecule has 5 N–H and O–H groups in total. The van der Waals surface area contributed by atoms with Crippen molar-refractivity contribution in [3.05, 3.63) is 0 Å². The minimum atomic E-state index is -1.49. The number of hydrogen-bond donors (Lipinski definition) is 3. The lowest BCUT2D eigenvalue weighted by molar-refractivity contribution is 1.22. The molecule has 2 rings (SSSR count). The van der Waals surface area contributed by atoms with Gasteiger partial charge in [-0.25, -0.2) is 4.98 Å². The number of nitrogens with one attached hydrogen (secondary N) is 1. The summed E-state index contributed by atoms with van der Waals surface area (Å²) in [5.74, 6) is 0.517. The van der Waals surface area contributed by atoms with E-state index in [4.69, 9.17) is 11.5 Å². The Morgan fingerprint density at radius 1 is 1.07 bits per heavy atom. The van der Waals surface area contributed by atoms with Crippen LogP contribution in [0.2, 0.25) is 19.6 Å². The van der Waals surface area contributed by atoms with Crippen molar-refractivity contribution in [2.24, 2.45) is 0 Å². The first kappa shape index (κ1) is 9.90. The number of hydrogen-bond acceptors (Lipinski definition) is 5. The fourth-order valence-electron chi connectivity index (χ4n) is 1.29. The van der Waals surface area contributed by atoms with E-state index in [0.29, 0.717) is 17.0 Å². The molecular formula is C8H14N6Si. The average Bonchev–Trinajstić information content (AvgIpc) is 2.46. The third-order valence-corrected chi connectivity index (χ3v) is 3.76. The molecule has 0 bridgehead atoms. The minimum Gasteiger partial charge on any atom is -0.382 e. The zero-order valence-electron chi connectivity index (χ0n) is 9.00. The summed E-state index contributed by atoms with van der Waals surface area (Å²) in [6, 6.07) is 0. The molecule has 0 radical (unpaired) electrons. The molecule has 80 valence electrons. The van der Waals surface area contributed by atoms with Crippen LogP contribution in [0.3, 0.4) is 0 Å². The van der Waals surface area contributed by atoms with Crippen LogP contribution in [0.5, 0.6) is 0 Å². The lowest BCUT2D eigenvalue weighted by Crippen LogP contribution is -2.40. The molecule has 15 heavy (non-hydrogen) atoms. The fraction of sp³-hybridized carbons (Fsp3) is 0.375. The van der Waals surface area contributed by atoms with Crippen LogP contribution in [0.15, 0.2) is 0 Å². The van der Waals surface area contributed by atoms with Crippen LogP contribution in [0, 0.1) is 0 Å². The molecule has 0 aromatic carbocycles. The van der Waals surface area contributed by atoms with Crippen molar-refractivity contribution in [1.82, 2.24) is 19.9 Å². The van der Waals surface area contributed by atoms with E-state index in [0.717, 1.165) is 5.45 Å².